The van der Waals surface area contributed by atoms with Crippen LogP contribution in [0.15, 0.2) is 46.9 Å². The van der Waals surface area contributed by atoms with Crippen LogP contribution in [0, 0.1) is 6.92 Å². The summed E-state index contributed by atoms with van der Waals surface area (Å²) in [4.78, 5) is 0. The van der Waals surface area contributed by atoms with Crippen molar-refractivity contribution < 1.29 is 13.9 Å². The normalized spacial score (nSPS) is 11.0. The number of nitrogen functional groups attached to an aromatic ring is 1. The average molecular weight is 337 g/mol. The fourth-order valence-electron chi connectivity index (χ4n) is 2.32. The Morgan fingerprint density at radius 1 is 1.08 bits per heavy atom. The van der Waals surface area contributed by atoms with Crippen LogP contribution in [-0.2, 0) is 6.61 Å². The van der Waals surface area contributed by atoms with Gasteiger partial charge >= 0.3 is 6.01 Å². The fraction of sp³-hybridized carbons (Fsp3) is 0.158. The van der Waals surface area contributed by atoms with Crippen LogP contribution in [0.2, 0.25) is 0 Å². The van der Waals surface area contributed by atoms with Crippen molar-refractivity contribution in [2.75, 3.05) is 12.8 Å². The van der Waals surface area contributed by atoms with Gasteiger partial charge in [-0.15, -0.1) is 5.10 Å². The Morgan fingerprint density at radius 3 is 2.64 bits per heavy atom. The van der Waals surface area contributed by atoms with Crippen LogP contribution < -0.4 is 15.2 Å². The van der Waals surface area contributed by atoms with Crippen molar-refractivity contribution in [1.82, 2.24) is 10.2 Å². The summed E-state index contributed by atoms with van der Waals surface area (Å²) < 4.78 is 16.4. The third-order valence-corrected chi connectivity index (χ3v) is 3.71. The number of rotatable bonds is 6. The average Bonchev–Trinajstić information content (AvgIpc) is 3.05. The van der Waals surface area contributed by atoms with Crippen molar-refractivity contribution in [2.24, 2.45) is 0 Å². The van der Waals surface area contributed by atoms with Crippen molar-refractivity contribution in [3.8, 4) is 11.5 Å². The highest BCUT2D eigenvalue weighted by Crippen LogP contribution is 2.29. The number of nitrogens with zero attached hydrogens (tertiary/aromatic N) is 2. The summed E-state index contributed by atoms with van der Waals surface area (Å²) in [5.74, 6) is 1.68. The van der Waals surface area contributed by atoms with Gasteiger partial charge in [0.2, 0.25) is 5.89 Å². The van der Waals surface area contributed by atoms with Crippen molar-refractivity contribution >= 4 is 18.2 Å². The number of methoxy groups -OCH3 is 1. The first-order chi connectivity index (χ1) is 12.2. The first kappa shape index (κ1) is 16.6. The lowest BCUT2D eigenvalue weighted by molar-refractivity contribution is 0.284. The predicted octanol–water partition coefficient (Wildman–Crippen LogP) is 3.72. The van der Waals surface area contributed by atoms with Crippen LogP contribution in [0.1, 0.15) is 22.6 Å². The maximum atomic E-state index is 5.91. The molecule has 1 aromatic heterocycles. The van der Waals surface area contributed by atoms with Gasteiger partial charge in [-0.05, 0) is 41.8 Å². The van der Waals surface area contributed by atoms with E-state index in [1.54, 1.807) is 13.2 Å². The summed E-state index contributed by atoms with van der Waals surface area (Å²) in [6.45, 7) is 2.55. The molecule has 0 aliphatic heterocycles. The molecular formula is C19H19N3O3. The summed E-state index contributed by atoms with van der Waals surface area (Å²) in [6, 6.07) is 13.8. The van der Waals surface area contributed by atoms with Crippen molar-refractivity contribution in [3.05, 3.63) is 65.0 Å². The molecule has 3 rings (SSSR count). The second-order valence-electron chi connectivity index (χ2n) is 5.44. The number of nitrogens with two attached hydrogens (primary N) is 1. The summed E-state index contributed by atoms with van der Waals surface area (Å²) in [5.41, 5.74) is 8.64. The van der Waals surface area contributed by atoms with Gasteiger partial charge in [0, 0.05) is 6.08 Å². The molecule has 6 nitrogen and oxygen atoms in total. The van der Waals surface area contributed by atoms with Crippen LogP contribution in [0.5, 0.6) is 11.5 Å². The molecule has 0 unspecified atom stereocenters. The van der Waals surface area contributed by atoms with Gasteiger partial charge in [-0.3, -0.25) is 0 Å². The molecular weight excluding hydrogens is 318 g/mol. The van der Waals surface area contributed by atoms with Gasteiger partial charge in [0.05, 0.1) is 7.11 Å². The van der Waals surface area contributed by atoms with Gasteiger partial charge < -0.3 is 19.6 Å². The van der Waals surface area contributed by atoms with E-state index in [9.17, 15) is 0 Å². The Morgan fingerprint density at radius 2 is 1.92 bits per heavy atom. The fourth-order valence-corrected chi connectivity index (χ4v) is 2.32. The number of ether oxygens (including phenoxy) is 2. The molecule has 0 saturated carbocycles. The summed E-state index contributed by atoms with van der Waals surface area (Å²) in [6.07, 6.45) is 3.52. The number of aryl methyl sites for hydroxylation is 1. The van der Waals surface area contributed by atoms with Crippen molar-refractivity contribution in [1.29, 1.82) is 0 Å². The van der Waals surface area contributed by atoms with Crippen LogP contribution in [0.3, 0.4) is 0 Å². The molecule has 0 saturated heterocycles. The zero-order valence-corrected chi connectivity index (χ0v) is 14.1. The van der Waals surface area contributed by atoms with Crippen LogP contribution in [-0.4, -0.2) is 17.3 Å². The van der Waals surface area contributed by atoms with Gasteiger partial charge in [0.25, 0.3) is 0 Å². The van der Waals surface area contributed by atoms with E-state index in [2.05, 4.69) is 29.3 Å². The Bertz CT molecular complexity index is 887. The van der Waals surface area contributed by atoms with Gasteiger partial charge in [0.1, 0.15) is 6.61 Å². The maximum Gasteiger partial charge on any atom is 0.313 e. The van der Waals surface area contributed by atoms with Gasteiger partial charge in [-0.25, -0.2) is 0 Å². The molecule has 6 heteroatoms. The minimum atomic E-state index is 0.0391. The predicted molar refractivity (Wildman–Crippen MR) is 96.1 cm³/mol. The van der Waals surface area contributed by atoms with E-state index in [0.717, 1.165) is 11.1 Å². The highest BCUT2D eigenvalue weighted by Gasteiger charge is 2.07. The second kappa shape index (κ2) is 7.53. The Hall–Kier alpha value is -3.28. The molecule has 0 amide bonds. The van der Waals surface area contributed by atoms with E-state index in [1.165, 1.54) is 5.56 Å². The minimum Gasteiger partial charge on any atom is -0.493 e. The Labute approximate surface area is 145 Å². The molecule has 0 aliphatic rings. The molecule has 0 bridgehead atoms. The summed E-state index contributed by atoms with van der Waals surface area (Å²) >= 11 is 0. The second-order valence-corrected chi connectivity index (χ2v) is 5.44. The maximum absolute atomic E-state index is 5.91. The molecule has 0 atom stereocenters. The Kier molecular flexibility index (Phi) is 4.99. The standard InChI is InChI=1S/C19H19N3O3/c1-13-5-3-4-6-15(13)12-24-16-9-7-14(11-17(16)23-2)8-10-18-21-22-19(20)25-18/h3-11H,12H2,1-2H3,(H2,20,22)/b10-8+. The smallest absolute Gasteiger partial charge is 0.313 e. The first-order valence-electron chi connectivity index (χ1n) is 7.78. The van der Waals surface area contributed by atoms with Gasteiger partial charge in [0.15, 0.2) is 11.5 Å². The highest BCUT2D eigenvalue weighted by molar-refractivity contribution is 5.68. The molecule has 0 aliphatic carbocycles. The van der Waals surface area contributed by atoms with E-state index < -0.39 is 0 Å². The monoisotopic (exact) mass is 337 g/mol. The van der Waals surface area contributed by atoms with Crippen molar-refractivity contribution in [2.45, 2.75) is 13.5 Å². The summed E-state index contributed by atoms with van der Waals surface area (Å²) in [7, 11) is 1.61. The van der Waals surface area contributed by atoms with Crippen LogP contribution in [0.25, 0.3) is 12.2 Å². The molecule has 1 heterocycles. The third-order valence-electron chi connectivity index (χ3n) is 3.71. The molecule has 25 heavy (non-hydrogen) atoms. The lowest BCUT2D eigenvalue weighted by Crippen LogP contribution is -1.99. The minimum absolute atomic E-state index is 0.0391. The molecule has 2 N–H and O–H groups in total. The Balaban J connectivity index is 1.73. The lowest BCUT2D eigenvalue weighted by atomic mass is 10.1. The molecule has 0 radical (unpaired) electrons. The SMILES string of the molecule is COc1cc(/C=C/c2nnc(N)o2)ccc1OCc1ccccc1C. The third kappa shape index (κ3) is 4.17. The van der Waals surface area contributed by atoms with E-state index in [0.29, 0.717) is 24.0 Å². The van der Waals surface area contributed by atoms with Gasteiger partial charge in [-0.2, -0.15) is 0 Å². The number of anilines is 1. The zero-order chi connectivity index (χ0) is 17.6. The van der Waals surface area contributed by atoms with E-state index in [-0.39, 0.29) is 6.01 Å². The van der Waals surface area contributed by atoms with Gasteiger partial charge in [-0.1, -0.05) is 35.4 Å². The first-order valence-corrected chi connectivity index (χ1v) is 7.78. The number of benzene rings is 2. The molecule has 0 fully saturated rings. The number of aromatic nitrogens is 2. The van der Waals surface area contributed by atoms with E-state index in [1.807, 2.05) is 36.4 Å². The topological polar surface area (TPSA) is 83.4 Å². The molecule has 2 aromatic carbocycles. The zero-order valence-electron chi connectivity index (χ0n) is 14.1. The quantitative estimate of drug-likeness (QED) is 0.738. The van der Waals surface area contributed by atoms with Crippen molar-refractivity contribution in [3.63, 3.8) is 0 Å². The van der Waals surface area contributed by atoms with Crippen LogP contribution in [0.4, 0.5) is 6.01 Å². The molecule has 0 spiro atoms. The summed E-state index contributed by atoms with van der Waals surface area (Å²) in [5, 5.41) is 7.38. The number of hydrogen-bond donors (Lipinski definition) is 1. The number of hydrogen-bond acceptors (Lipinski definition) is 6. The molecule has 128 valence electrons. The van der Waals surface area contributed by atoms with Crippen LogP contribution >= 0.6 is 0 Å². The van der Waals surface area contributed by atoms with E-state index >= 15 is 0 Å². The lowest BCUT2D eigenvalue weighted by Gasteiger charge is -2.12. The molecule has 3 aromatic rings. The highest BCUT2D eigenvalue weighted by atomic mass is 16.5. The van der Waals surface area contributed by atoms with E-state index in [4.69, 9.17) is 19.6 Å². The largest absolute Gasteiger partial charge is 0.493 e.